The number of hydrogen-bond acceptors (Lipinski definition) is 3. The molecular formula is C16H23NO3. The van der Waals surface area contributed by atoms with E-state index in [1.807, 2.05) is 20.8 Å². The molecule has 0 fully saturated rings. The van der Waals surface area contributed by atoms with Gasteiger partial charge in [0, 0.05) is 25.1 Å². The van der Waals surface area contributed by atoms with Crippen molar-refractivity contribution in [1.82, 2.24) is 4.90 Å². The second-order valence-corrected chi connectivity index (χ2v) is 4.47. The summed E-state index contributed by atoms with van der Waals surface area (Å²) in [6, 6.07) is 7.05. The highest BCUT2D eigenvalue weighted by Crippen LogP contribution is 2.13. The number of hydrogen-bond donors (Lipinski definition) is 0. The van der Waals surface area contributed by atoms with Crippen molar-refractivity contribution in [2.75, 3.05) is 19.7 Å². The molecule has 20 heavy (non-hydrogen) atoms. The summed E-state index contributed by atoms with van der Waals surface area (Å²) in [7, 11) is 0. The van der Waals surface area contributed by atoms with E-state index in [9.17, 15) is 9.59 Å². The normalized spacial score (nSPS) is 10.2. The molecular weight excluding hydrogens is 254 g/mol. The van der Waals surface area contributed by atoms with Gasteiger partial charge in [-0.2, -0.15) is 0 Å². The lowest BCUT2D eigenvalue weighted by molar-refractivity contribution is -0.131. The molecule has 1 rings (SSSR count). The number of benzene rings is 1. The fraction of sp³-hybridized carbons (Fsp3) is 0.500. The van der Waals surface area contributed by atoms with Gasteiger partial charge in [-0.3, -0.25) is 9.59 Å². The van der Waals surface area contributed by atoms with Gasteiger partial charge in [-0.1, -0.05) is 6.92 Å². The van der Waals surface area contributed by atoms with Gasteiger partial charge in [-0.05, 0) is 38.1 Å². The molecule has 4 heteroatoms. The second-order valence-electron chi connectivity index (χ2n) is 4.47. The zero-order valence-electron chi connectivity index (χ0n) is 12.5. The van der Waals surface area contributed by atoms with E-state index < -0.39 is 0 Å². The van der Waals surface area contributed by atoms with Gasteiger partial charge < -0.3 is 9.64 Å². The van der Waals surface area contributed by atoms with Crippen molar-refractivity contribution in [2.45, 2.75) is 33.6 Å². The first kappa shape index (κ1) is 16.2. The van der Waals surface area contributed by atoms with Crippen LogP contribution in [-0.2, 0) is 4.79 Å². The smallest absolute Gasteiger partial charge is 0.225 e. The molecule has 0 heterocycles. The quantitative estimate of drug-likeness (QED) is 0.686. The molecule has 1 aromatic rings. The molecule has 0 N–H and O–H groups in total. The lowest BCUT2D eigenvalue weighted by atomic mass is 10.1. The maximum atomic E-state index is 11.8. The van der Waals surface area contributed by atoms with Crippen LogP contribution in [0.15, 0.2) is 24.3 Å². The summed E-state index contributed by atoms with van der Waals surface area (Å²) in [6.07, 6.45) is 0.871. The van der Waals surface area contributed by atoms with Crippen LogP contribution in [0.3, 0.4) is 0 Å². The van der Waals surface area contributed by atoms with E-state index in [-0.39, 0.29) is 11.7 Å². The van der Waals surface area contributed by atoms with Crippen molar-refractivity contribution in [1.29, 1.82) is 0 Å². The van der Waals surface area contributed by atoms with Crippen molar-refractivity contribution >= 4 is 11.7 Å². The largest absolute Gasteiger partial charge is 0.493 e. The lowest BCUT2D eigenvalue weighted by Crippen LogP contribution is -2.31. The minimum atomic E-state index is 0.104. The van der Waals surface area contributed by atoms with Crippen LogP contribution in [0.5, 0.6) is 5.75 Å². The average Bonchev–Trinajstić information content (AvgIpc) is 2.48. The number of ketones is 1. The summed E-state index contributed by atoms with van der Waals surface area (Å²) in [4.78, 5) is 25.0. The van der Waals surface area contributed by atoms with Crippen LogP contribution in [0.2, 0.25) is 0 Å². The van der Waals surface area contributed by atoms with E-state index in [0.29, 0.717) is 30.8 Å². The topological polar surface area (TPSA) is 46.6 Å². The van der Waals surface area contributed by atoms with Crippen LogP contribution >= 0.6 is 0 Å². The highest BCUT2D eigenvalue weighted by atomic mass is 16.5. The summed E-state index contributed by atoms with van der Waals surface area (Å²) in [6.45, 7) is 7.58. The molecule has 0 saturated carbocycles. The van der Waals surface area contributed by atoms with Crippen molar-refractivity contribution in [3.8, 4) is 5.75 Å². The Balaban J connectivity index is 2.43. The van der Waals surface area contributed by atoms with Gasteiger partial charge in [-0.25, -0.2) is 0 Å². The second kappa shape index (κ2) is 8.35. The van der Waals surface area contributed by atoms with E-state index >= 15 is 0 Å². The summed E-state index contributed by atoms with van der Waals surface area (Å²) in [5, 5.41) is 0. The van der Waals surface area contributed by atoms with Crippen LogP contribution in [0, 0.1) is 0 Å². The van der Waals surface area contributed by atoms with Crippen LogP contribution < -0.4 is 4.74 Å². The predicted molar refractivity (Wildman–Crippen MR) is 79.1 cm³/mol. The van der Waals surface area contributed by atoms with E-state index in [0.717, 1.165) is 13.1 Å². The minimum absolute atomic E-state index is 0.104. The number of rotatable bonds is 8. The van der Waals surface area contributed by atoms with Gasteiger partial charge in [0.2, 0.25) is 5.91 Å². The number of amides is 1. The first-order chi connectivity index (χ1) is 9.62. The number of nitrogens with zero attached hydrogens (tertiary/aromatic N) is 1. The molecule has 0 atom stereocenters. The maximum absolute atomic E-state index is 11.8. The molecule has 0 aliphatic rings. The molecule has 0 saturated heterocycles. The molecule has 1 aromatic carbocycles. The third kappa shape index (κ3) is 4.68. The van der Waals surface area contributed by atoms with Crippen molar-refractivity contribution < 1.29 is 14.3 Å². The maximum Gasteiger partial charge on any atom is 0.225 e. The molecule has 110 valence electrons. The van der Waals surface area contributed by atoms with Gasteiger partial charge >= 0.3 is 0 Å². The Morgan fingerprint density at radius 3 is 2.15 bits per heavy atom. The van der Waals surface area contributed by atoms with E-state index in [1.165, 1.54) is 0 Å². The molecule has 0 spiro atoms. The van der Waals surface area contributed by atoms with E-state index in [4.69, 9.17) is 4.74 Å². The monoisotopic (exact) mass is 277 g/mol. The summed E-state index contributed by atoms with van der Waals surface area (Å²) < 4.78 is 5.53. The fourth-order valence-corrected chi connectivity index (χ4v) is 1.93. The van der Waals surface area contributed by atoms with Gasteiger partial charge in [0.15, 0.2) is 5.78 Å². The first-order valence-electron chi connectivity index (χ1n) is 7.16. The molecule has 4 nitrogen and oxygen atoms in total. The molecule has 0 aliphatic carbocycles. The Bertz CT molecular complexity index is 436. The average molecular weight is 277 g/mol. The third-order valence-electron chi connectivity index (χ3n) is 3.20. The molecule has 0 radical (unpaired) electrons. The SMILES string of the molecule is CCC(=O)c1ccc(OCCC(=O)N(CC)CC)cc1. The van der Waals surface area contributed by atoms with Crippen LogP contribution in [0.1, 0.15) is 44.0 Å². The first-order valence-corrected chi connectivity index (χ1v) is 7.16. The van der Waals surface area contributed by atoms with Gasteiger partial charge in [0.25, 0.3) is 0 Å². The van der Waals surface area contributed by atoms with Gasteiger partial charge in [-0.15, -0.1) is 0 Å². The zero-order valence-corrected chi connectivity index (χ0v) is 12.5. The fourth-order valence-electron chi connectivity index (χ4n) is 1.93. The molecule has 0 aliphatic heterocycles. The standard InChI is InChI=1S/C16H23NO3/c1-4-15(18)13-7-9-14(10-8-13)20-12-11-16(19)17(5-2)6-3/h7-10H,4-6,11-12H2,1-3H3. The summed E-state index contributed by atoms with van der Waals surface area (Å²) >= 11 is 0. The van der Waals surface area contributed by atoms with Gasteiger partial charge in [0.1, 0.15) is 5.75 Å². The highest BCUT2D eigenvalue weighted by Gasteiger charge is 2.09. The number of Topliss-reactive ketones (excluding diaryl/α,β-unsaturated/α-hetero) is 1. The lowest BCUT2D eigenvalue weighted by Gasteiger charge is -2.18. The molecule has 1 amide bonds. The Hall–Kier alpha value is -1.84. The number of ether oxygens (including phenoxy) is 1. The molecule has 0 bridgehead atoms. The Morgan fingerprint density at radius 2 is 1.65 bits per heavy atom. The zero-order chi connectivity index (χ0) is 15.0. The van der Waals surface area contributed by atoms with Crippen LogP contribution in [0.4, 0.5) is 0 Å². The van der Waals surface area contributed by atoms with Crippen molar-refractivity contribution in [3.05, 3.63) is 29.8 Å². The van der Waals surface area contributed by atoms with Crippen molar-refractivity contribution in [3.63, 3.8) is 0 Å². The predicted octanol–water partition coefficient (Wildman–Crippen LogP) is 2.92. The summed E-state index contributed by atoms with van der Waals surface area (Å²) in [5.74, 6) is 0.908. The molecule has 0 aromatic heterocycles. The van der Waals surface area contributed by atoms with Crippen LogP contribution in [0.25, 0.3) is 0 Å². The molecule has 0 unspecified atom stereocenters. The Morgan fingerprint density at radius 1 is 1.05 bits per heavy atom. The minimum Gasteiger partial charge on any atom is -0.493 e. The highest BCUT2D eigenvalue weighted by molar-refractivity contribution is 5.95. The number of carbonyl (C=O) groups excluding carboxylic acids is 2. The van der Waals surface area contributed by atoms with Crippen LogP contribution in [-0.4, -0.2) is 36.3 Å². The van der Waals surface area contributed by atoms with Gasteiger partial charge in [0.05, 0.1) is 13.0 Å². The van der Waals surface area contributed by atoms with E-state index in [2.05, 4.69) is 0 Å². The van der Waals surface area contributed by atoms with E-state index in [1.54, 1.807) is 29.2 Å². The Labute approximate surface area is 120 Å². The van der Waals surface area contributed by atoms with Crippen molar-refractivity contribution in [2.24, 2.45) is 0 Å². The summed E-state index contributed by atoms with van der Waals surface area (Å²) in [5.41, 5.74) is 0.694. The Kier molecular flexibility index (Phi) is 6.77. The number of carbonyl (C=O) groups is 2. The third-order valence-corrected chi connectivity index (χ3v) is 3.20.